The average Bonchev–Trinajstić information content (AvgIpc) is 3.09. The van der Waals surface area contributed by atoms with E-state index in [4.69, 9.17) is 0 Å². The number of halogens is 2. The second-order valence-corrected chi connectivity index (χ2v) is 6.38. The molecule has 2 atom stereocenters. The summed E-state index contributed by atoms with van der Waals surface area (Å²) in [4.78, 5) is 1.95. The minimum absolute atomic E-state index is 0.268. The lowest BCUT2D eigenvalue weighted by Gasteiger charge is -2.24. The number of aliphatic hydroxyl groups is 1. The third-order valence-corrected chi connectivity index (χ3v) is 4.26. The van der Waals surface area contributed by atoms with Crippen LogP contribution in [-0.4, -0.2) is 32.4 Å². The Morgan fingerprint density at radius 2 is 2.09 bits per heavy atom. The van der Waals surface area contributed by atoms with Gasteiger partial charge in [0.2, 0.25) is 0 Å². The van der Waals surface area contributed by atoms with E-state index in [0.717, 1.165) is 17.8 Å². The first-order chi connectivity index (χ1) is 10.9. The van der Waals surface area contributed by atoms with Crippen LogP contribution in [0.3, 0.4) is 0 Å². The zero-order valence-corrected chi connectivity index (χ0v) is 13.3. The topological polar surface area (TPSA) is 41.3 Å². The Hall–Kier alpha value is -1.79. The van der Waals surface area contributed by atoms with Gasteiger partial charge < -0.3 is 5.11 Å². The standard InChI is InChI=1S/C17H21F2N3O/c1-11(2)22-6-5-13(20-22)9-21-10-14(23)8-17(21)15-7-12(18)3-4-16(15)19/h3-7,11,14,17,23H,8-10H2,1-2H3/t14-,17+/m1/s1. The number of rotatable bonds is 4. The molecule has 2 heterocycles. The molecule has 1 aromatic carbocycles. The van der Waals surface area contributed by atoms with E-state index in [1.807, 2.05) is 35.7 Å². The molecule has 2 aromatic rings. The van der Waals surface area contributed by atoms with Crippen molar-refractivity contribution in [3.8, 4) is 0 Å². The number of likely N-dealkylation sites (tertiary alicyclic amines) is 1. The molecule has 0 amide bonds. The molecular weight excluding hydrogens is 300 g/mol. The Bertz CT molecular complexity index is 686. The Kier molecular flexibility index (Phi) is 4.46. The molecule has 0 aliphatic carbocycles. The van der Waals surface area contributed by atoms with Crippen molar-refractivity contribution in [3.05, 3.63) is 53.4 Å². The Morgan fingerprint density at radius 3 is 2.78 bits per heavy atom. The van der Waals surface area contributed by atoms with Crippen LogP contribution in [0.1, 0.15) is 43.6 Å². The SMILES string of the molecule is CC(C)n1ccc(CN2C[C@H](O)C[C@H]2c2cc(F)ccc2F)n1. The van der Waals surface area contributed by atoms with Gasteiger partial charge in [0, 0.05) is 36.9 Å². The van der Waals surface area contributed by atoms with Crippen molar-refractivity contribution < 1.29 is 13.9 Å². The van der Waals surface area contributed by atoms with Crippen LogP contribution in [-0.2, 0) is 6.54 Å². The van der Waals surface area contributed by atoms with Crippen molar-refractivity contribution in [2.45, 2.75) is 45.0 Å². The van der Waals surface area contributed by atoms with Crippen LogP contribution in [0, 0.1) is 11.6 Å². The van der Waals surface area contributed by atoms with E-state index in [1.165, 1.54) is 6.07 Å². The number of benzene rings is 1. The normalized spacial score (nSPS) is 22.2. The molecule has 0 radical (unpaired) electrons. The molecule has 1 saturated heterocycles. The lowest BCUT2D eigenvalue weighted by Crippen LogP contribution is -2.25. The fraction of sp³-hybridized carbons (Fsp3) is 0.471. The molecule has 1 N–H and O–H groups in total. The molecule has 4 nitrogen and oxygen atoms in total. The largest absolute Gasteiger partial charge is 0.392 e. The predicted octanol–water partition coefficient (Wildman–Crippen LogP) is 3.05. The van der Waals surface area contributed by atoms with E-state index in [0.29, 0.717) is 25.1 Å². The first-order valence-electron chi connectivity index (χ1n) is 7.85. The number of β-amino-alcohol motifs (C(OH)–C–C–N with tert-alkyl or cyclic N) is 1. The summed E-state index contributed by atoms with van der Waals surface area (Å²) in [5, 5.41) is 14.5. The van der Waals surface area contributed by atoms with Gasteiger partial charge in [-0.25, -0.2) is 8.78 Å². The van der Waals surface area contributed by atoms with Crippen LogP contribution in [0.15, 0.2) is 30.5 Å². The van der Waals surface area contributed by atoms with Gasteiger partial charge in [0.25, 0.3) is 0 Å². The highest BCUT2D eigenvalue weighted by molar-refractivity contribution is 5.24. The molecular formula is C17H21F2N3O. The maximum atomic E-state index is 14.1. The molecule has 0 bridgehead atoms. The van der Waals surface area contributed by atoms with E-state index in [1.54, 1.807) is 0 Å². The van der Waals surface area contributed by atoms with Gasteiger partial charge in [0.05, 0.1) is 11.8 Å². The van der Waals surface area contributed by atoms with Crippen LogP contribution in [0.2, 0.25) is 0 Å². The summed E-state index contributed by atoms with van der Waals surface area (Å²) >= 11 is 0. The van der Waals surface area contributed by atoms with Crippen molar-refractivity contribution in [1.82, 2.24) is 14.7 Å². The quantitative estimate of drug-likeness (QED) is 0.941. The van der Waals surface area contributed by atoms with Gasteiger partial charge in [-0.2, -0.15) is 5.10 Å². The minimum atomic E-state index is -0.546. The zero-order chi connectivity index (χ0) is 16.6. The summed E-state index contributed by atoms with van der Waals surface area (Å²) in [7, 11) is 0. The van der Waals surface area contributed by atoms with Crippen LogP contribution in [0.4, 0.5) is 8.78 Å². The lowest BCUT2D eigenvalue weighted by molar-refractivity contribution is 0.171. The fourth-order valence-corrected chi connectivity index (χ4v) is 3.11. The molecule has 1 fully saturated rings. The van der Waals surface area contributed by atoms with E-state index < -0.39 is 17.7 Å². The highest BCUT2D eigenvalue weighted by Crippen LogP contribution is 2.35. The summed E-state index contributed by atoms with van der Waals surface area (Å²) in [6, 6.07) is 5.32. The monoisotopic (exact) mass is 321 g/mol. The van der Waals surface area contributed by atoms with Gasteiger partial charge in [0.15, 0.2) is 0 Å². The van der Waals surface area contributed by atoms with Gasteiger partial charge in [0.1, 0.15) is 11.6 Å². The van der Waals surface area contributed by atoms with Crippen molar-refractivity contribution >= 4 is 0 Å². The third-order valence-electron chi connectivity index (χ3n) is 4.26. The van der Waals surface area contributed by atoms with Gasteiger partial charge in [-0.05, 0) is 44.5 Å². The summed E-state index contributed by atoms with van der Waals surface area (Å²) < 4.78 is 29.4. The Morgan fingerprint density at radius 1 is 1.30 bits per heavy atom. The van der Waals surface area contributed by atoms with Gasteiger partial charge in [-0.1, -0.05) is 0 Å². The van der Waals surface area contributed by atoms with Crippen molar-refractivity contribution in [1.29, 1.82) is 0 Å². The molecule has 0 saturated carbocycles. The lowest BCUT2D eigenvalue weighted by atomic mass is 10.0. The molecule has 6 heteroatoms. The zero-order valence-electron chi connectivity index (χ0n) is 13.3. The van der Waals surface area contributed by atoms with Crippen molar-refractivity contribution in [2.75, 3.05) is 6.54 Å². The summed E-state index contributed by atoms with van der Waals surface area (Å²) in [5.41, 5.74) is 1.15. The number of hydrogen-bond acceptors (Lipinski definition) is 3. The molecule has 0 unspecified atom stereocenters. The first kappa shape index (κ1) is 16.1. The molecule has 23 heavy (non-hydrogen) atoms. The van der Waals surface area contributed by atoms with Crippen LogP contribution < -0.4 is 0 Å². The molecule has 1 aliphatic rings. The molecule has 1 aromatic heterocycles. The second-order valence-electron chi connectivity index (χ2n) is 6.38. The number of hydrogen-bond donors (Lipinski definition) is 1. The average molecular weight is 321 g/mol. The van der Waals surface area contributed by atoms with Crippen molar-refractivity contribution in [2.24, 2.45) is 0 Å². The molecule has 3 rings (SSSR count). The molecule has 1 aliphatic heterocycles. The van der Waals surface area contributed by atoms with E-state index in [9.17, 15) is 13.9 Å². The maximum Gasteiger partial charge on any atom is 0.128 e. The van der Waals surface area contributed by atoms with Crippen LogP contribution >= 0.6 is 0 Å². The Labute approximate surface area is 134 Å². The van der Waals surface area contributed by atoms with E-state index in [-0.39, 0.29) is 12.1 Å². The molecule has 0 spiro atoms. The summed E-state index contributed by atoms with van der Waals surface area (Å²) in [6.07, 6.45) is 1.75. The fourth-order valence-electron chi connectivity index (χ4n) is 3.11. The number of nitrogens with zero attached hydrogens (tertiary/aromatic N) is 3. The van der Waals surface area contributed by atoms with Gasteiger partial charge in [-0.3, -0.25) is 9.58 Å². The highest BCUT2D eigenvalue weighted by atomic mass is 19.1. The summed E-state index contributed by atoms with van der Waals surface area (Å²) in [5.74, 6) is -0.907. The maximum absolute atomic E-state index is 14.1. The summed E-state index contributed by atoms with van der Waals surface area (Å²) in [6.45, 7) is 5.01. The van der Waals surface area contributed by atoms with Gasteiger partial charge in [-0.15, -0.1) is 0 Å². The highest BCUT2D eigenvalue weighted by Gasteiger charge is 2.34. The van der Waals surface area contributed by atoms with Crippen molar-refractivity contribution in [3.63, 3.8) is 0 Å². The Balaban J connectivity index is 1.83. The smallest absolute Gasteiger partial charge is 0.128 e. The third kappa shape index (κ3) is 3.43. The number of aromatic nitrogens is 2. The predicted molar refractivity (Wildman–Crippen MR) is 82.7 cm³/mol. The number of aliphatic hydroxyl groups excluding tert-OH is 1. The van der Waals surface area contributed by atoms with E-state index in [2.05, 4.69) is 5.10 Å². The van der Waals surface area contributed by atoms with Crippen LogP contribution in [0.25, 0.3) is 0 Å². The van der Waals surface area contributed by atoms with E-state index >= 15 is 0 Å². The minimum Gasteiger partial charge on any atom is -0.392 e. The second kappa shape index (κ2) is 6.37. The van der Waals surface area contributed by atoms with Crippen LogP contribution in [0.5, 0.6) is 0 Å². The van der Waals surface area contributed by atoms with Gasteiger partial charge >= 0.3 is 0 Å². The first-order valence-corrected chi connectivity index (χ1v) is 7.85. The molecule has 124 valence electrons.